The number of nitrogens with zero attached hydrogens (tertiary/aromatic N) is 1. The summed E-state index contributed by atoms with van der Waals surface area (Å²) in [4.78, 5) is 2.46. The van der Waals surface area contributed by atoms with Crippen molar-refractivity contribution in [3.05, 3.63) is 261 Å². The molecule has 0 saturated heterocycles. The van der Waals surface area contributed by atoms with E-state index in [4.69, 9.17) is 0 Å². The smallest absolute Gasteiger partial charge is 0.0546 e. The molecule has 0 amide bonds. The number of benzene rings is 11. The van der Waals surface area contributed by atoms with E-state index in [-0.39, 0.29) is 0 Å². The molecule has 2 heteroatoms. The third-order valence-corrected chi connectivity index (χ3v) is 14.1. The van der Waals surface area contributed by atoms with Crippen LogP contribution in [-0.2, 0) is 0 Å². The zero-order valence-corrected chi connectivity index (χ0v) is 37.0. The Kier molecular flexibility index (Phi) is 10.1. The van der Waals surface area contributed by atoms with E-state index in [1.54, 1.807) is 0 Å². The SMILES string of the molecule is c1ccc(-c2ccc(-c3ccc(N(c4cccc(-c5cccc6c5sc5ccccc56)c4)c4cc(-c5ccc6ccccc6c5)ccc4-c4ccccc4)cc3)cc2-c2ccccc2)cc1. The fraction of sp³-hybridized carbons (Fsp3) is 0. The second kappa shape index (κ2) is 17.0. The van der Waals surface area contributed by atoms with Gasteiger partial charge in [0, 0.05) is 37.1 Å². The van der Waals surface area contributed by atoms with Crippen LogP contribution in [0.25, 0.3) is 97.7 Å². The van der Waals surface area contributed by atoms with Gasteiger partial charge in [-0.05, 0) is 121 Å². The lowest BCUT2D eigenvalue weighted by atomic mass is 9.91. The second-order valence-electron chi connectivity index (χ2n) is 16.9. The quantitative estimate of drug-likeness (QED) is 0.140. The van der Waals surface area contributed by atoms with Crippen LogP contribution < -0.4 is 4.90 Å². The molecule has 0 N–H and O–H groups in total. The molecule has 0 aliphatic rings. The lowest BCUT2D eigenvalue weighted by molar-refractivity contribution is 1.28. The molecule has 0 fully saturated rings. The van der Waals surface area contributed by atoms with Gasteiger partial charge < -0.3 is 4.90 Å². The van der Waals surface area contributed by atoms with Crippen molar-refractivity contribution in [1.29, 1.82) is 0 Å². The third kappa shape index (κ3) is 7.34. The van der Waals surface area contributed by atoms with E-state index < -0.39 is 0 Å². The molecule has 0 atom stereocenters. The maximum Gasteiger partial charge on any atom is 0.0546 e. The van der Waals surface area contributed by atoms with E-state index in [0.717, 1.165) is 39.3 Å². The summed E-state index contributed by atoms with van der Waals surface area (Å²) in [5.74, 6) is 0. The first-order valence-electron chi connectivity index (χ1n) is 22.6. The largest absolute Gasteiger partial charge is 0.310 e. The molecule has 0 spiro atoms. The Morgan fingerprint density at radius 1 is 0.258 bits per heavy atom. The number of thiophene rings is 1. The predicted molar refractivity (Wildman–Crippen MR) is 284 cm³/mol. The maximum atomic E-state index is 2.46. The van der Waals surface area contributed by atoms with Crippen LogP contribution in [0.15, 0.2) is 261 Å². The standard InChI is InChI=1S/C64H43NS/c1-4-17-46(18-5-1)56-38-34-51(42-61(56)48-21-8-3-9-22-48)45-32-36-54(37-33-45)65(55-25-14-24-53(41-55)58-27-15-28-60-59-26-12-13-29-63(59)66-64(58)60)62-43-52(35-39-57(62)47-19-6-2-7-20-47)50-31-30-44-16-10-11-23-49(44)40-50/h1-43H. The average Bonchev–Trinajstić information content (AvgIpc) is 3.79. The number of anilines is 3. The zero-order valence-electron chi connectivity index (χ0n) is 36.2. The number of hydrogen-bond donors (Lipinski definition) is 0. The Morgan fingerprint density at radius 2 is 0.803 bits per heavy atom. The minimum absolute atomic E-state index is 1.08. The van der Waals surface area contributed by atoms with Crippen molar-refractivity contribution >= 4 is 59.3 Å². The molecule has 310 valence electrons. The van der Waals surface area contributed by atoms with Gasteiger partial charge in [-0.1, -0.05) is 212 Å². The van der Waals surface area contributed by atoms with E-state index in [9.17, 15) is 0 Å². The molecule has 0 radical (unpaired) electrons. The fourth-order valence-corrected chi connectivity index (χ4v) is 10.8. The first-order valence-corrected chi connectivity index (χ1v) is 23.4. The van der Waals surface area contributed by atoms with Crippen molar-refractivity contribution in [2.24, 2.45) is 0 Å². The second-order valence-corrected chi connectivity index (χ2v) is 17.9. The first kappa shape index (κ1) is 39.3. The molecule has 0 aliphatic carbocycles. The Morgan fingerprint density at radius 3 is 1.56 bits per heavy atom. The lowest BCUT2D eigenvalue weighted by Gasteiger charge is -2.29. The molecule has 11 aromatic carbocycles. The highest BCUT2D eigenvalue weighted by Crippen LogP contribution is 2.46. The van der Waals surface area contributed by atoms with Gasteiger partial charge in [0.25, 0.3) is 0 Å². The highest BCUT2D eigenvalue weighted by atomic mass is 32.1. The van der Waals surface area contributed by atoms with E-state index in [0.29, 0.717) is 0 Å². The maximum absolute atomic E-state index is 2.46. The van der Waals surface area contributed by atoms with Gasteiger partial charge in [0.1, 0.15) is 0 Å². The summed E-state index contributed by atoms with van der Waals surface area (Å²) in [7, 11) is 0. The van der Waals surface area contributed by atoms with Crippen molar-refractivity contribution in [2.45, 2.75) is 0 Å². The molecular weight excluding hydrogens is 815 g/mol. The summed E-state index contributed by atoms with van der Waals surface area (Å²) >= 11 is 1.87. The van der Waals surface area contributed by atoms with E-state index in [1.165, 1.54) is 75.5 Å². The van der Waals surface area contributed by atoms with Crippen LogP contribution in [0.3, 0.4) is 0 Å². The minimum atomic E-state index is 1.08. The van der Waals surface area contributed by atoms with Crippen LogP contribution in [0, 0.1) is 0 Å². The van der Waals surface area contributed by atoms with Gasteiger partial charge in [0.05, 0.1) is 5.69 Å². The van der Waals surface area contributed by atoms with E-state index >= 15 is 0 Å². The molecule has 0 bridgehead atoms. The molecule has 0 unspecified atom stereocenters. The normalized spacial score (nSPS) is 11.3. The van der Waals surface area contributed by atoms with Crippen molar-refractivity contribution in [2.75, 3.05) is 4.90 Å². The molecule has 1 heterocycles. The van der Waals surface area contributed by atoms with Crippen LogP contribution in [0.4, 0.5) is 17.1 Å². The Balaban J connectivity index is 1.04. The molecule has 0 aliphatic heterocycles. The minimum Gasteiger partial charge on any atom is -0.310 e. The highest BCUT2D eigenvalue weighted by Gasteiger charge is 2.21. The lowest BCUT2D eigenvalue weighted by Crippen LogP contribution is -2.11. The Bertz CT molecular complexity index is 3680. The van der Waals surface area contributed by atoms with Crippen molar-refractivity contribution < 1.29 is 0 Å². The average molecular weight is 858 g/mol. The van der Waals surface area contributed by atoms with E-state index in [2.05, 4.69) is 266 Å². The van der Waals surface area contributed by atoms with Crippen molar-refractivity contribution in [3.63, 3.8) is 0 Å². The summed E-state index contributed by atoms with van der Waals surface area (Å²) in [5.41, 5.74) is 17.5. The molecular formula is C64H43NS. The summed E-state index contributed by atoms with van der Waals surface area (Å²) in [5, 5.41) is 5.07. The topological polar surface area (TPSA) is 3.24 Å². The molecule has 0 saturated carbocycles. The summed E-state index contributed by atoms with van der Waals surface area (Å²) < 4.78 is 2.62. The molecule has 12 aromatic rings. The molecule has 12 rings (SSSR count). The first-order chi connectivity index (χ1) is 32.7. The van der Waals surface area contributed by atoms with Gasteiger partial charge in [0.15, 0.2) is 0 Å². The highest BCUT2D eigenvalue weighted by molar-refractivity contribution is 7.26. The summed E-state index contributed by atoms with van der Waals surface area (Å²) in [6.07, 6.45) is 0. The number of hydrogen-bond acceptors (Lipinski definition) is 2. The number of rotatable bonds is 9. The van der Waals surface area contributed by atoms with Gasteiger partial charge in [0.2, 0.25) is 0 Å². The van der Waals surface area contributed by atoms with Gasteiger partial charge in [-0.2, -0.15) is 0 Å². The van der Waals surface area contributed by atoms with Crippen LogP contribution in [0.1, 0.15) is 0 Å². The van der Waals surface area contributed by atoms with Crippen LogP contribution in [0.2, 0.25) is 0 Å². The molecule has 1 nitrogen and oxygen atoms in total. The predicted octanol–water partition coefficient (Wildman–Crippen LogP) is 18.7. The molecule has 1 aromatic heterocycles. The van der Waals surface area contributed by atoms with Gasteiger partial charge in [-0.25, -0.2) is 0 Å². The van der Waals surface area contributed by atoms with Crippen molar-refractivity contribution in [1.82, 2.24) is 0 Å². The van der Waals surface area contributed by atoms with Gasteiger partial charge in [-0.3, -0.25) is 0 Å². The zero-order chi connectivity index (χ0) is 43.8. The van der Waals surface area contributed by atoms with Crippen LogP contribution in [0.5, 0.6) is 0 Å². The summed E-state index contributed by atoms with van der Waals surface area (Å²) in [6, 6.07) is 95.3. The monoisotopic (exact) mass is 857 g/mol. The fourth-order valence-electron chi connectivity index (χ4n) is 9.59. The van der Waals surface area contributed by atoms with Gasteiger partial charge >= 0.3 is 0 Å². The van der Waals surface area contributed by atoms with Crippen LogP contribution in [-0.4, -0.2) is 0 Å². The van der Waals surface area contributed by atoms with Crippen molar-refractivity contribution in [3.8, 4) is 66.8 Å². The summed E-state index contributed by atoms with van der Waals surface area (Å²) in [6.45, 7) is 0. The molecule has 66 heavy (non-hydrogen) atoms. The Hall–Kier alpha value is -8.30. The third-order valence-electron chi connectivity index (χ3n) is 12.9. The van der Waals surface area contributed by atoms with E-state index in [1.807, 2.05) is 11.3 Å². The Labute approximate surface area is 389 Å². The number of fused-ring (bicyclic) bond motifs is 4. The van der Waals surface area contributed by atoms with Gasteiger partial charge in [-0.15, -0.1) is 11.3 Å². The van der Waals surface area contributed by atoms with Crippen LogP contribution >= 0.6 is 11.3 Å².